The van der Waals surface area contributed by atoms with Crippen molar-refractivity contribution in [3.8, 4) is 0 Å². The van der Waals surface area contributed by atoms with Crippen molar-refractivity contribution in [3.05, 3.63) is 55.0 Å². The second-order valence-corrected chi connectivity index (χ2v) is 5.47. The van der Waals surface area contributed by atoms with Gasteiger partial charge in [-0.25, -0.2) is 4.57 Å². The van der Waals surface area contributed by atoms with Crippen LogP contribution in [0.1, 0.15) is 16.1 Å². The monoisotopic (exact) mass is 340 g/mol. The van der Waals surface area contributed by atoms with Gasteiger partial charge in [0.25, 0.3) is 0 Å². The zero-order valence-corrected chi connectivity index (χ0v) is 12.2. The maximum Gasteiger partial charge on any atom is 0.313 e. The van der Waals surface area contributed by atoms with Crippen LogP contribution >= 0.6 is 27.3 Å². The zero-order valence-electron chi connectivity index (χ0n) is 9.83. The molecule has 0 aliphatic carbocycles. The standard InChI is InChI=1S/C12H9BrN2O3S/c1-7-6-19-12(17)15(7)11(14-18)10(16)8-2-4-9(13)5-3-8/h2-6,18H,1H3/b14-11-. The van der Waals surface area contributed by atoms with Crippen LogP contribution in [0.15, 0.2) is 44.1 Å². The molecule has 19 heavy (non-hydrogen) atoms. The number of thiazole rings is 1. The lowest BCUT2D eigenvalue weighted by atomic mass is 10.1. The molecule has 0 spiro atoms. The molecule has 2 rings (SSSR count). The van der Waals surface area contributed by atoms with E-state index in [4.69, 9.17) is 5.21 Å². The summed E-state index contributed by atoms with van der Waals surface area (Å²) in [6, 6.07) is 6.58. The van der Waals surface area contributed by atoms with Crippen molar-refractivity contribution in [3.63, 3.8) is 0 Å². The van der Waals surface area contributed by atoms with Gasteiger partial charge in [-0.2, -0.15) is 0 Å². The van der Waals surface area contributed by atoms with E-state index < -0.39 is 5.78 Å². The highest BCUT2D eigenvalue weighted by atomic mass is 79.9. The Morgan fingerprint density at radius 3 is 2.47 bits per heavy atom. The van der Waals surface area contributed by atoms with Gasteiger partial charge in [0.1, 0.15) is 0 Å². The molecule has 2 aromatic rings. The third-order valence-electron chi connectivity index (χ3n) is 2.48. The van der Waals surface area contributed by atoms with Crippen LogP contribution in [-0.4, -0.2) is 21.4 Å². The Hall–Kier alpha value is -1.73. The van der Waals surface area contributed by atoms with Crippen LogP contribution in [0, 0.1) is 6.92 Å². The molecular formula is C12H9BrN2O3S. The predicted molar refractivity (Wildman–Crippen MR) is 76.4 cm³/mol. The number of rotatable bonds is 2. The first-order chi connectivity index (χ1) is 9.04. The Bertz CT molecular complexity index is 701. The largest absolute Gasteiger partial charge is 0.409 e. The summed E-state index contributed by atoms with van der Waals surface area (Å²) < 4.78 is 1.92. The van der Waals surface area contributed by atoms with E-state index in [0.29, 0.717) is 11.3 Å². The van der Waals surface area contributed by atoms with Crippen LogP contribution in [0.25, 0.3) is 0 Å². The van der Waals surface area contributed by atoms with Crippen LogP contribution in [0.3, 0.4) is 0 Å². The number of aryl methyl sites for hydroxylation is 1. The fourth-order valence-corrected chi connectivity index (χ4v) is 2.54. The average molecular weight is 341 g/mol. The molecule has 5 nitrogen and oxygen atoms in total. The highest BCUT2D eigenvalue weighted by Gasteiger charge is 2.20. The number of halogens is 1. The second-order valence-electron chi connectivity index (χ2n) is 3.74. The molecule has 1 heterocycles. The molecule has 7 heteroatoms. The van der Waals surface area contributed by atoms with Gasteiger partial charge in [0.15, 0.2) is 0 Å². The number of Topliss-reactive ketones (excluding diaryl/α,β-unsaturated/α-hetero) is 1. The highest BCUT2D eigenvalue weighted by molar-refractivity contribution is 9.10. The predicted octanol–water partition coefficient (Wildman–Crippen LogP) is 2.50. The van der Waals surface area contributed by atoms with E-state index in [2.05, 4.69) is 21.1 Å². The third kappa shape index (κ3) is 2.66. The van der Waals surface area contributed by atoms with Crippen LogP contribution in [0.2, 0.25) is 0 Å². The van der Waals surface area contributed by atoms with Crippen LogP contribution in [0.5, 0.6) is 0 Å². The van der Waals surface area contributed by atoms with Crippen LogP contribution in [-0.2, 0) is 0 Å². The molecule has 0 saturated heterocycles. The molecular weight excluding hydrogens is 332 g/mol. The number of aromatic nitrogens is 1. The number of carbonyl (C=O) groups excluding carboxylic acids is 1. The van der Waals surface area contributed by atoms with E-state index >= 15 is 0 Å². The van der Waals surface area contributed by atoms with Gasteiger partial charge in [0.05, 0.1) is 0 Å². The van der Waals surface area contributed by atoms with Crippen molar-refractivity contribution in [1.29, 1.82) is 0 Å². The molecule has 0 fully saturated rings. The van der Waals surface area contributed by atoms with Crippen molar-refractivity contribution < 1.29 is 10.0 Å². The lowest BCUT2D eigenvalue weighted by molar-refractivity contribution is 0.105. The molecule has 0 bridgehead atoms. The molecule has 0 saturated carbocycles. The summed E-state index contributed by atoms with van der Waals surface area (Å²) in [4.78, 5) is 23.5. The summed E-state index contributed by atoms with van der Waals surface area (Å²) in [5.41, 5.74) is 0.891. The average Bonchev–Trinajstić information content (AvgIpc) is 2.72. The summed E-state index contributed by atoms with van der Waals surface area (Å²) in [5, 5.41) is 13.6. The summed E-state index contributed by atoms with van der Waals surface area (Å²) in [6.07, 6.45) is 0. The topological polar surface area (TPSA) is 71.7 Å². The number of hydrogen-bond acceptors (Lipinski definition) is 5. The molecule has 1 N–H and O–H groups in total. The first-order valence-corrected chi connectivity index (χ1v) is 6.91. The van der Waals surface area contributed by atoms with Crippen molar-refractivity contribution in [2.75, 3.05) is 0 Å². The van der Waals surface area contributed by atoms with Crippen molar-refractivity contribution in [2.45, 2.75) is 6.92 Å². The Morgan fingerprint density at radius 2 is 2.00 bits per heavy atom. The summed E-state index contributed by atoms with van der Waals surface area (Å²) in [6.45, 7) is 1.66. The summed E-state index contributed by atoms with van der Waals surface area (Å²) >= 11 is 4.21. The molecule has 0 aliphatic rings. The fraction of sp³-hybridized carbons (Fsp3) is 0.0833. The van der Waals surface area contributed by atoms with E-state index in [1.165, 1.54) is 0 Å². The van der Waals surface area contributed by atoms with Crippen molar-refractivity contribution >= 4 is 38.9 Å². The normalized spacial score (nSPS) is 11.6. The van der Waals surface area contributed by atoms with Gasteiger partial charge >= 0.3 is 4.87 Å². The number of carbonyl (C=O) groups is 1. The van der Waals surface area contributed by atoms with Gasteiger partial charge in [0.2, 0.25) is 11.6 Å². The maximum absolute atomic E-state index is 12.2. The van der Waals surface area contributed by atoms with Crippen molar-refractivity contribution in [2.24, 2.45) is 5.16 Å². The van der Waals surface area contributed by atoms with E-state index in [1.54, 1.807) is 36.6 Å². The third-order valence-corrected chi connectivity index (χ3v) is 3.85. The first kappa shape index (κ1) is 13.7. The zero-order chi connectivity index (χ0) is 14.0. The molecule has 0 atom stereocenters. The minimum absolute atomic E-state index is 0.300. The van der Waals surface area contributed by atoms with E-state index in [0.717, 1.165) is 20.4 Å². The van der Waals surface area contributed by atoms with Crippen LogP contribution in [0.4, 0.5) is 0 Å². The Kier molecular flexibility index (Phi) is 3.96. The number of oxime groups is 1. The van der Waals surface area contributed by atoms with Gasteiger partial charge in [-0.05, 0) is 31.2 Å². The molecule has 0 radical (unpaired) electrons. The first-order valence-electron chi connectivity index (χ1n) is 5.24. The minimum Gasteiger partial charge on any atom is -0.409 e. The minimum atomic E-state index is -0.515. The van der Waals surface area contributed by atoms with E-state index in [-0.39, 0.29) is 10.7 Å². The molecule has 98 valence electrons. The SMILES string of the molecule is Cc1csc(=O)n1/C(=N\O)C(=O)c1ccc(Br)cc1. The number of ketones is 1. The highest BCUT2D eigenvalue weighted by Crippen LogP contribution is 2.12. The lowest BCUT2D eigenvalue weighted by Gasteiger charge is -2.06. The van der Waals surface area contributed by atoms with E-state index in [9.17, 15) is 9.59 Å². The van der Waals surface area contributed by atoms with Gasteiger partial charge in [0, 0.05) is 21.1 Å². The van der Waals surface area contributed by atoms with Crippen molar-refractivity contribution in [1.82, 2.24) is 4.57 Å². The quantitative estimate of drug-likeness (QED) is 0.300. The molecule has 0 amide bonds. The molecule has 1 aromatic carbocycles. The fourth-order valence-electron chi connectivity index (χ4n) is 1.56. The summed E-state index contributed by atoms with van der Waals surface area (Å²) in [7, 11) is 0. The number of hydrogen-bond donors (Lipinski definition) is 1. The number of nitrogens with zero attached hydrogens (tertiary/aromatic N) is 2. The van der Waals surface area contributed by atoms with Gasteiger partial charge in [-0.1, -0.05) is 32.4 Å². The lowest BCUT2D eigenvalue weighted by Crippen LogP contribution is -2.31. The Morgan fingerprint density at radius 1 is 1.37 bits per heavy atom. The Balaban J connectivity index is 2.47. The second kappa shape index (κ2) is 5.50. The van der Waals surface area contributed by atoms with Gasteiger partial charge in [-0.15, -0.1) is 0 Å². The molecule has 0 aliphatic heterocycles. The number of benzene rings is 1. The Labute approximate surface area is 120 Å². The molecule has 1 aromatic heterocycles. The van der Waals surface area contributed by atoms with E-state index in [1.807, 2.05) is 0 Å². The molecule has 0 unspecified atom stereocenters. The van der Waals surface area contributed by atoms with Crippen LogP contribution < -0.4 is 4.87 Å². The maximum atomic E-state index is 12.2. The summed E-state index contributed by atoms with van der Waals surface area (Å²) in [5.74, 6) is -0.815. The van der Waals surface area contributed by atoms with Gasteiger partial charge in [-0.3, -0.25) is 9.59 Å². The van der Waals surface area contributed by atoms with Gasteiger partial charge < -0.3 is 5.21 Å². The smallest absolute Gasteiger partial charge is 0.313 e.